The molecule has 1 saturated carbocycles. The predicted molar refractivity (Wildman–Crippen MR) is 113 cm³/mol. The fourth-order valence-electron chi connectivity index (χ4n) is 4.62. The van der Waals surface area contributed by atoms with Crippen molar-refractivity contribution in [2.45, 2.75) is 25.3 Å². The molecular weight excluding hydrogens is 380 g/mol. The van der Waals surface area contributed by atoms with Crippen molar-refractivity contribution in [3.8, 4) is 22.9 Å². The Bertz CT molecular complexity index is 1060. The molecule has 8 heteroatoms. The van der Waals surface area contributed by atoms with Crippen LogP contribution in [0.1, 0.15) is 35.7 Å². The number of nitrogens with two attached hydrogens (primary N) is 2. The van der Waals surface area contributed by atoms with Gasteiger partial charge in [0.25, 0.3) is 5.91 Å². The Morgan fingerprint density at radius 2 is 2.00 bits per heavy atom. The number of carbonyl (C=O) groups is 1. The van der Waals surface area contributed by atoms with Crippen LogP contribution in [0.25, 0.3) is 11.3 Å². The minimum atomic E-state index is -0.588. The number of ether oxygens (including phenoxy) is 1. The van der Waals surface area contributed by atoms with Crippen molar-refractivity contribution in [3.63, 3.8) is 0 Å². The molecule has 2 aliphatic rings. The second-order valence-electron chi connectivity index (χ2n) is 8.21. The molecule has 1 amide bonds. The maximum atomic E-state index is 12.1. The summed E-state index contributed by atoms with van der Waals surface area (Å²) in [7, 11) is 0. The van der Waals surface area contributed by atoms with Gasteiger partial charge in [0, 0.05) is 24.4 Å². The van der Waals surface area contributed by atoms with Crippen LogP contribution < -0.4 is 21.5 Å². The summed E-state index contributed by atoms with van der Waals surface area (Å²) in [5, 5.41) is 8.11. The number of anilines is 1. The number of primary amides is 1. The minimum Gasteiger partial charge on any atom is -0.439 e. The van der Waals surface area contributed by atoms with Gasteiger partial charge in [0.15, 0.2) is 0 Å². The number of carbonyl (C=O) groups excluding carboxylic acids is 1. The summed E-state index contributed by atoms with van der Waals surface area (Å²) in [6, 6.07) is 13.2. The normalized spacial score (nSPS) is 22.7. The van der Waals surface area contributed by atoms with E-state index in [0.29, 0.717) is 34.1 Å². The van der Waals surface area contributed by atoms with Crippen LogP contribution in [0.5, 0.6) is 11.6 Å². The lowest BCUT2D eigenvalue weighted by atomic mass is 9.65. The van der Waals surface area contributed by atoms with E-state index in [1.807, 2.05) is 36.4 Å². The second-order valence-corrected chi connectivity index (χ2v) is 8.21. The van der Waals surface area contributed by atoms with E-state index in [-0.39, 0.29) is 11.6 Å². The molecule has 5 N–H and O–H groups in total. The third-order valence-electron chi connectivity index (χ3n) is 6.18. The maximum Gasteiger partial charge on any atom is 0.254 e. The highest BCUT2D eigenvalue weighted by Crippen LogP contribution is 2.53. The summed E-state index contributed by atoms with van der Waals surface area (Å²) in [6.45, 7) is 2.09. The van der Waals surface area contributed by atoms with E-state index < -0.39 is 5.91 Å². The number of para-hydroxylation sites is 1. The average molecular weight is 404 g/mol. The Kier molecular flexibility index (Phi) is 4.43. The smallest absolute Gasteiger partial charge is 0.254 e. The topological polar surface area (TPSA) is 121 Å². The van der Waals surface area contributed by atoms with Gasteiger partial charge in [-0.05, 0) is 49.4 Å². The molecule has 1 aliphatic carbocycles. The molecule has 8 nitrogen and oxygen atoms in total. The summed E-state index contributed by atoms with van der Waals surface area (Å²) >= 11 is 0. The molecule has 3 aromatic rings. The third-order valence-corrected chi connectivity index (χ3v) is 6.18. The van der Waals surface area contributed by atoms with Gasteiger partial charge in [0.2, 0.25) is 5.88 Å². The predicted octanol–water partition coefficient (Wildman–Crippen LogP) is 2.73. The lowest BCUT2D eigenvalue weighted by Gasteiger charge is -2.45. The number of hydrogen-bond donors (Lipinski definition) is 3. The quantitative estimate of drug-likeness (QED) is 0.601. The minimum absolute atomic E-state index is 0.186. The van der Waals surface area contributed by atoms with Crippen molar-refractivity contribution < 1.29 is 9.53 Å². The largest absolute Gasteiger partial charge is 0.439 e. The zero-order chi connectivity index (χ0) is 20.7. The van der Waals surface area contributed by atoms with Crippen molar-refractivity contribution in [1.82, 2.24) is 20.1 Å². The average Bonchev–Trinajstić information content (AvgIpc) is 3.33. The molecule has 1 spiro atoms. The molecule has 1 aromatic carbocycles. The fraction of sp³-hybridized carbons (Fsp3) is 0.318. The summed E-state index contributed by atoms with van der Waals surface area (Å²) in [6.07, 6.45) is 4.81. The molecule has 0 atom stereocenters. The highest BCUT2D eigenvalue weighted by molar-refractivity contribution is 6.03. The van der Waals surface area contributed by atoms with E-state index in [1.54, 1.807) is 16.9 Å². The number of aromatic nitrogens is 3. The van der Waals surface area contributed by atoms with Crippen molar-refractivity contribution in [2.24, 2.45) is 11.1 Å². The van der Waals surface area contributed by atoms with Crippen LogP contribution >= 0.6 is 0 Å². The highest BCUT2D eigenvalue weighted by Gasteiger charge is 2.48. The van der Waals surface area contributed by atoms with Gasteiger partial charge in [0.1, 0.15) is 22.8 Å². The Morgan fingerprint density at radius 1 is 1.20 bits per heavy atom. The van der Waals surface area contributed by atoms with Gasteiger partial charge >= 0.3 is 0 Å². The van der Waals surface area contributed by atoms with Crippen molar-refractivity contribution >= 4 is 11.7 Å². The van der Waals surface area contributed by atoms with Gasteiger partial charge in [-0.15, -0.1) is 0 Å². The number of hydrogen-bond acceptors (Lipinski definition) is 6. The lowest BCUT2D eigenvalue weighted by Crippen LogP contribution is -2.40. The molecule has 3 heterocycles. The molecular formula is C22H24N6O2. The molecule has 0 bridgehead atoms. The standard InChI is InChI=1S/C22H24N6O2/c23-20-18(21(24)29)19(27-28(20)15-10-22(11-15)8-9-25-13-22)14-6-7-17(26-12-14)30-16-4-2-1-3-5-16/h1-7,12,15,25H,8-11,13,23H2,(H2,24,29)/t15-,22-. The molecule has 30 heavy (non-hydrogen) atoms. The van der Waals surface area contributed by atoms with E-state index in [9.17, 15) is 4.79 Å². The second kappa shape index (κ2) is 7.14. The van der Waals surface area contributed by atoms with Crippen LogP contribution in [0, 0.1) is 5.41 Å². The zero-order valence-corrected chi connectivity index (χ0v) is 16.5. The molecule has 5 rings (SSSR count). The molecule has 2 fully saturated rings. The molecule has 1 saturated heterocycles. The molecule has 0 radical (unpaired) electrons. The van der Waals surface area contributed by atoms with Gasteiger partial charge in [-0.25, -0.2) is 9.67 Å². The van der Waals surface area contributed by atoms with Crippen molar-refractivity contribution in [3.05, 3.63) is 54.2 Å². The van der Waals surface area contributed by atoms with E-state index >= 15 is 0 Å². The van der Waals surface area contributed by atoms with Crippen LogP contribution in [-0.2, 0) is 0 Å². The van der Waals surface area contributed by atoms with Gasteiger partial charge in [-0.2, -0.15) is 5.10 Å². The van der Waals surface area contributed by atoms with Gasteiger partial charge in [-0.3, -0.25) is 4.79 Å². The number of nitrogens with one attached hydrogen (secondary N) is 1. The van der Waals surface area contributed by atoms with E-state index in [2.05, 4.69) is 15.4 Å². The molecule has 1 aliphatic heterocycles. The Balaban J connectivity index is 1.41. The first-order chi connectivity index (χ1) is 14.5. The van der Waals surface area contributed by atoms with E-state index in [4.69, 9.17) is 16.2 Å². The van der Waals surface area contributed by atoms with E-state index in [0.717, 1.165) is 25.9 Å². The lowest BCUT2D eigenvalue weighted by molar-refractivity contribution is 0.0774. The Morgan fingerprint density at radius 3 is 2.63 bits per heavy atom. The van der Waals surface area contributed by atoms with Crippen LogP contribution in [0.15, 0.2) is 48.7 Å². The van der Waals surface area contributed by atoms with Gasteiger partial charge in [-0.1, -0.05) is 18.2 Å². The zero-order valence-electron chi connectivity index (χ0n) is 16.5. The number of rotatable bonds is 5. The van der Waals surface area contributed by atoms with Crippen LogP contribution in [0.4, 0.5) is 5.82 Å². The number of nitrogen functional groups attached to an aromatic ring is 1. The highest BCUT2D eigenvalue weighted by atomic mass is 16.5. The van der Waals surface area contributed by atoms with Crippen molar-refractivity contribution in [1.29, 1.82) is 0 Å². The van der Waals surface area contributed by atoms with E-state index in [1.165, 1.54) is 6.42 Å². The fourth-order valence-corrected chi connectivity index (χ4v) is 4.62. The van der Waals surface area contributed by atoms with Crippen LogP contribution in [-0.4, -0.2) is 33.8 Å². The first kappa shape index (κ1) is 18.6. The Labute approximate surface area is 174 Å². The van der Waals surface area contributed by atoms with Crippen LogP contribution in [0.3, 0.4) is 0 Å². The van der Waals surface area contributed by atoms with Crippen molar-refractivity contribution in [2.75, 3.05) is 18.8 Å². The SMILES string of the molecule is NC(=O)c1c(-c2ccc(Oc3ccccc3)nc2)nn([C@H]2C[C@@]3(CCNC3)C2)c1N. The third kappa shape index (κ3) is 3.19. The Hall–Kier alpha value is -3.39. The summed E-state index contributed by atoms with van der Waals surface area (Å²) in [4.78, 5) is 16.5. The number of pyridine rings is 1. The van der Waals surface area contributed by atoms with Crippen LogP contribution in [0.2, 0.25) is 0 Å². The summed E-state index contributed by atoms with van der Waals surface area (Å²) in [5.74, 6) is 0.889. The molecule has 2 aromatic heterocycles. The monoisotopic (exact) mass is 404 g/mol. The molecule has 154 valence electrons. The summed E-state index contributed by atoms with van der Waals surface area (Å²) in [5.41, 5.74) is 13.7. The number of amides is 1. The van der Waals surface area contributed by atoms with Gasteiger partial charge < -0.3 is 21.5 Å². The molecule has 0 unspecified atom stereocenters. The summed E-state index contributed by atoms with van der Waals surface area (Å²) < 4.78 is 7.51. The number of nitrogens with zero attached hydrogens (tertiary/aromatic N) is 3. The first-order valence-corrected chi connectivity index (χ1v) is 10.1. The number of benzene rings is 1. The maximum absolute atomic E-state index is 12.1. The van der Waals surface area contributed by atoms with Gasteiger partial charge in [0.05, 0.1) is 6.04 Å². The first-order valence-electron chi connectivity index (χ1n) is 10.1.